The number of nitrogens with zero attached hydrogens (tertiary/aromatic N) is 3. The molecule has 2 atom stereocenters. The Bertz CT molecular complexity index is 1060. The summed E-state index contributed by atoms with van der Waals surface area (Å²) >= 11 is 0. The van der Waals surface area contributed by atoms with Crippen LogP contribution >= 0.6 is 0 Å². The van der Waals surface area contributed by atoms with E-state index < -0.39 is 17.8 Å². The molecule has 0 aromatic carbocycles. The normalized spacial score (nSPS) is 12.5. The van der Waals surface area contributed by atoms with E-state index in [9.17, 15) is 19.5 Å². The first-order chi connectivity index (χ1) is 26.5. The van der Waals surface area contributed by atoms with Gasteiger partial charge in [-0.1, -0.05) is 161 Å². The van der Waals surface area contributed by atoms with Gasteiger partial charge in [0.2, 0.25) is 0 Å². The summed E-state index contributed by atoms with van der Waals surface area (Å²) in [6.45, 7) is 14.1. The van der Waals surface area contributed by atoms with Gasteiger partial charge in [0.1, 0.15) is 12.7 Å². The maximum atomic E-state index is 12.8. The highest BCUT2D eigenvalue weighted by molar-refractivity contribution is 5.82. The molecule has 1 aromatic rings. The van der Waals surface area contributed by atoms with Crippen molar-refractivity contribution < 1.29 is 33.7 Å². The highest BCUT2D eigenvalue weighted by Gasteiger charge is 2.20. The number of esters is 2. The monoisotopic (exact) mass is 780 g/mol. The fourth-order valence-corrected chi connectivity index (χ4v) is 6.28. The van der Waals surface area contributed by atoms with Crippen molar-refractivity contribution in [3.63, 3.8) is 0 Å². The lowest BCUT2D eigenvalue weighted by atomic mass is 10.1. The number of unbranched alkanes of at least 4 members (excludes halogenated alkanes) is 20. The van der Waals surface area contributed by atoms with Gasteiger partial charge in [0.15, 0.2) is 11.9 Å². The summed E-state index contributed by atoms with van der Waals surface area (Å²) in [6.07, 6.45) is 28.9. The summed E-state index contributed by atoms with van der Waals surface area (Å²) in [5.74, 6) is -0.616. The van der Waals surface area contributed by atoms with Crippen molar-refractivity contribution in [3.8, 4) is 0 Å². The molecule has 0 aliphatic heterocycles. The number of rotatable bonds is 37. The molecule has 0 aliphatic carbocycles. The molecule has 2 unspecified atom stereocenters. The summed E-state index contributed by atoms with van der Waals surface area (Å²) in [6, 6.07) is 0. The molecule has 10 nitrogen and oxygen atoms in total. The van der Waals surface area contributed by atoms with Gasteiger partial charge in [-0.3, -0.25) is 14.4 Å². The van der Waals surface area contributed by atoms with Crippen molar-refractivity contribution in [1.29, 1.82) is 0 Å². The number of aliphatic hydroxyl groups is 1. The largest absolute Gasteiger partial charge is 0.462 e. The molecule has 322 valence electrons. The van der Waals surface area contributed by atoms with Crippen LogP contribution in [-0.4, -0.2) is 68.8 Å². The molecule has 10 heteroatoms. The molecule has 0 saturated carbocycles. The molecule has 0 aliphatic rings. The smallest absolute Gasteiger partial charge is 0.306 e. The van der Waals surface area contributed by atoms with Gasteiger partial charge in [-0.2, -0.15) is 0 Å². The molecule has 1 rings (SSSR count). The lowest BCUT2D eigenvalue weighted by molar-refractivity contribution is -0.160. The first-order valence-corrected chi connectivity index (χ1v) is 22.6. The van der Waals surface area contributed by atoms with Crippen molar-refractivity contribution in [3.05, 3.63) is 11.9 Å². The van der Waals surface area contributed by atoms with E-state index in [0.717, 1.165) is 38.5 Å². The van der Waals surface area contributed by atoms with E-state index in [0.29, 0.717) is 38.0 Å². The third-order valence-corrected chi connectivity index (χ3v) is 9.84. The van der Waals surface area contributed by atoms with E-state index >= 15 is 0 Å². The Labute approximate surface area is 337 Å². The van der Waals surface area contributed by atoms with Crippen LogP contribution in [0, 0.1) is 0 Å². The number of hydrogen-bond acceptors (Lipinski definition) is 9. The van der Waals surface area contributed by atoms with E-state index in [4.69, 9.17) is 14.2 Å². The highest BCUT2D eigenvalue weighted by Crippen LogP contribution is 2.15. The predicted octanol–water partition coefficient (Wildman–Crippen LogP) is 11.2. The highest BCUT2D eigenvalue weighted by atomic mass is 16.6. The van der Waals surface area contributed by atoms with Crippen LogP contribution in [0.2, 0.25) is 0 Å². The van der Waals surface area contributed by atoms with Gasteiger partial charge in [-0.25, -0.2) is 4.68 Å². The summed E-state index contributed by atoms with van der Waals surface area (Å²) in [5, 5.41) is 18.3. The molecular weight excluding hydrogens is 695 g/mol. The summed E-state index contributed by atoms with van der Waals surface area (Å²) in [4.78, 5) is 38.0. The first-order valence-electron chi connectivity index (χ1n) is 22.6. The van der Waals surface area contributed by atoms with E-state index in [1.807, 2.05) is 13.8 Å². The number of carbonyl (C=O) groups excluding carboxylic acids is 3. The Kier molecular flexibility index (Phi) is 34.5. The second-order valence-corrected chi connectivity index (χ2v) is 15.8. The zero-order valence-electron chi connectivity index (χ0n) is 36.7. The maximum Gasteiger partial charge on any atom is 0.306 e. The number of ketones is 1. The SMILES string of the molecule is CC.CCCCCCCCCCCCCC(=O)OCC(Cn1cc(CCC(=O)C(C)OCCC(C)(C)O)nn1)OC(=O)CCCCCCCCCCCCC. The number of Topliss-reactive ketones (excluding diaryl/α,β-unsaturated/α-hetero) is 1. The van der Waals surface area contributed by atoms with Crippen LogP contribution in [-0.2, 0) is 41.6 Å². The van der Waals surface area contributed by atoms with Crippen LogP contribution in [0.15, 0.2) is 6.20 Å². The molecule has 1 heterocycles. The van der Waals surface area contributed by atoms with Crippen LogP contribution in [0.1, 0.15) is 221 Å². The van der Waals surface area contributed by atoms with Gasteiger partial charge in [0.25, 0.3) is 0 Å². The lowest BCUT2D eigenvalue weighted by Crippen LogP contribution is -2.30. The van der Waals surface area contributed by atoms with Crippen LogP contribution in [0.25, 0.3) is 0 Å². The second kappa shape index (κ2) is 36.0. The van der Waals surface area contributed by atoms with E-state index in [1.165, 1.54) is 103 Å². The zero-order valence-corrected chi connectivity index (χ0v) is 36.7. The third-order valence-electron chi connectivity index (χ3n) is 9.84. The molecule has 0 spiro atoms. The fraction of sp³-hybridized carbons (Fsp3) is 0.889. The number of hydrogen-bond donors (Lipinski definition) is 1. The van der Waals surface area contributed by atoms with Crippen LogP contribution in [0.3, 0.4) is 0 Å². The predicted molar refractivity (Wildman–Crippen MR) is 224 cm³/mol. The topological polar surface area (TPSA) is 130 Å². The third kappa shape index (κ3) is 33.5. The quantitative estimate of drug-likeness (QED) is 0.0518. The van der Waals surface area contributed by atoms with Crippen molar-refractivity contribution in [2.24, 2.45) is 0 Å². The molecule has 0 amide bonds. The average molecular weight is 780 g/mol. The van der Waals surface area contributed by atoms with E-state index in [1.54, 1.807) is 31.6 Å². The van der Waals surface area contributed by atoms with Gasteiger partial charge >= 0.3 is 11.9 Å². The molecule has 1 N–H and O–H groups in total. The zero-order chi connectivity index (χ0) is 41.0. The van der Waals surface area contributed by atoms with Crippen LogP contribution < -0.4 is 0 Å². The number of aryl methyl sites for hydroxylation is 1. The van der Waals surface area contributed by atoms with E-state index in [2.05, 4.69) is 24.2 Å². The maximum absolute atomic E-state index is 12.8. The van der Waals surface area contributed by atoms with Crippen molar-refractivity contribution in [2.75, 3.05) is 13.2 Å². The van der Waals surface area contributed by atoms with Gasteiger partial charge in [-0.05, 0) is 40.0 Å². The summed E-state index contributed by atoms with van der Waals surface area (Å²) in [5.41, 5.74) is -0.202. The standard InChI is InChI=1S/C43H79N3O7.C2H6/c1-6-8-10-12-14-16-18-20-22-24-26-28-41(48)52-36-39(53-42(49)29-27-25-23-21-19-17-15-13-11-9-7-2)35-46-34-38(44-45-46)30-31-40(47)37(3)51-33-32-43(4,5)50;1-2/h34,37,39,50H,6-33,35-36H2,1-5H3;1-2H3. The van der Waals surface area contributed by atoms with Gasteiger partial charge in [0.05, 0.1) is 24.4 Å². The molecule has 0 bridgehead atoms. The Hall–Kier alpha value is -2.33. The van der Waals surface area contributed by atoms with Crippen molar-refractivity contribution in [2.45, 2.75) is 246 Å². The Balaban J connectivity index is 0.0000143. The lowest BCUT2D eigenvalue weighted by Gasteiger charge is -2.18. The molecule has 0 radical (unpaired) electrons. The number of aromatic nitrogens is 3. The fourth-order valence-electron chi connectivity index (χ4n) is 6.28. The minimum absolute atomic E-state index is 0.0337. The van der Waals surface area contributed by atoms with Gasteiger partial charge in [0, 0.05) is 31.9 Å². The average Bonchev–Trinajstić information content (AvgIpc) is 3.61. The Morgan fingerprint density at radius 2 is 1.16 bits per heavy atom. The molecule has 0 fully saturated rings. The van der Waals surface area contributed by atoms with Gasteiger partial charge < -0.3 is 19.3 Å². The van der Waals surface area contributed by atoms with Gasteiger partial charge in [-0.15, -0.1) is 5.10 Å². The minimum Gasteiger partial charge on any atom is -0.462 e. The number of ether oxygens (including phenoxy) is 3. The minimum atomic E-state index is -0.842. The molecule has 55 heavy (non-hydrogen) atoms. The second-order valence-electron chi connectivity index (χ2n) is 15.8. The van der Waals surface area contributed by atoms with E-state index in [-0.39, 0.29) is 37.3 Å². The van der Waals surface area contributed by atoms with Crippen molar-refractivity contribution in [1.82, 2.24) is 15.0 Å². The Morgan fingerprint density at radius 1 is 0.709 bits per heavy atom. The molecule has 1 aromatic heterocycles. The summed E-state index contributed by atoms with van der Waals surface area (Å²) in [7, 11) is 0. The van der Waals surface area contributed by atoms with Crippen LogP contribution in [0.5, 0.6) is 0 Å². The van der Waals surface area contributed by atoms with Crippen molar-refractivity contribution >= 4 is 17.7 Å². The molecule has 0 saturated heterocycles. The summed E-state index contributed by atoms with van der Waals surface area (Å²) < 4.78 is 18.6. The first kappa shape index (κ1) is 52.7. The van der Waals surface area contributed by atoms with Crippen LogP contribution in [0.4, 0.5) is 0 Å². The Morgan fingerprint density at radius 3 is 1.64 bits per heavy atom. The molecular formula is C45H85N3O7. The number of carbonyl (C=O) groups is 3.